The molecule has 200 valence electrons. The predicted octanol–water partition coefficient (Wildman–Crippen LogP) is 2.21. The van der Waals surface area contributed by atoms with Crippen LogP contribution in [0.4, 0.5) is 0 Å². The van der Waals surface area contributed by atoms with Crippen LogP contribution in [0.15, 0.2) is 42.2 Å². The lowest BCUT2D eigenvalue weighted by atomic mass is 9.81. The van der Waals surface area contributed by atoms with Gasteiger partial charge in [0.25, 0.3) is 5.91 Å². The number of carbonyl (C=O) groups is 2. The van der Waals surface area contributed by atoms with Gasteiger partial charge in [0, 0.05) is 51.1 Å². The van der Waals surface area contributed by atoms with Crippen LogP contribution < -0.4 is 5.32 Å². The molecule has 0 radical (unpaired) electrons. The van der Waals surface area contributed by atoms with Crippen LogP contribution in [-0.4, -0.2) is 87.4 Å². The number of aliphatic hydroxyl groups is 1. The molecule has 3 atom stereocenters. The van der Waals surface area contributed by atoms with E-state index in [0.717, 1.165) is 18.5 Å². The molecule has 0 aromatic heterocycles. The summed E-state index contributed by atoms with van der Waals surface area (Å²) in [7, 11) is 0. The van der Waals surface area contributed by atoms with Crippen LogP contribution in [0.5, 0.6) is 0 Å². The molecule has 3 rings (SSSR count). The molecule has 1 aromatic rings. The quantitative estimate of drug-likeness (QED) is 0.333. The number of carbonyl (C=O) groups excluding carboxylic acids is 2. The zero-order valence-electron chi connectivity index (χ0n) is 21.2. The Bertz CT molecular complexity index is 833. The number of amides is 2. The summed E-state index contributed by atoms with van der Waals surface area (Å²) in [6.45, 7) is 5.94. The number of likely N-dealkylation sites (tertiary alicyclic amines) is 1. The fraction of sp³-hybridized carbons (Fsp3) is 0.630. The highest BCUT2D eigenvalue weighted by Gasteiger charge is 2.38. The number of benzene rings is 1. The van der Waals surface area contributed by atoms with E-state index in [2.05, 4.69) is 17.4 Å². The molecule has 1 fully saturated rings. The third-order valence-electron chi connectivity index (χ3n) is 6.39. The molecule has 2 aliphatic heterocycles. The van der Waals surface area contributed by atoms with Gasteiger partial charge in [-0.2, -0.15) is 0 Å². The number of hydrogen-bond acceptors (Lipinski definition) is 7. The fourth-order valence-corrected chi connectivity index (χ4v) is 4.60. The number of nitrogens with zero attached hydrogens (tertiary/aromatic N) is 1. The second-order valence-corrected chi connectivity index (χ2v) is 8.90. The van der Waals surface area contributed by atoms with Crippen LogP contribution in [0.2, 0.25) is 0 Å². The number of allylic oxidation sites excluding steroid dienone is 1. The van der Waals surface area contributed by atoms with E-state index in [-0.39, 0.29) is 36.0 Å². The van der Waals surface area contributed by atoms with Crippen LogP contribution in [0, 0.1) is 5.92 Å². The van der Waals surface area contributed by atoms with Gasteiger partial charge in [-0.05, 0) is 37.8 Å². The van der Waals surface area contributed by atoms with Gasteiger partial charge in [0.2, 0.25) is 12.2 Å². The fourth-order valence-electron chi connectivity index (χ4n) is 4.60. The summed E-state index contributed by atoms with van der Waals surface area (Å²) in [6, 6.07) is 10.0. The first-order valence-corrected chi connectivity index (χ1v) is 13.0. The zero-order chi connectivity index (χ0) is 25.6. The van der Waals surface area contributed by atoms with Crippen molar-refractivity contribution in [2.75, 3.05) is 59.3 Å². The van der Waals surface area contributed by atoms with Crippen LogP contribution in [0.25, 0.3) is 0 Å². The molecule has 2 heterocycles. The van der Waals surface area contributed by atoms with E-state index in [0.29, 0.717) is 65.4 Å². The number of hydrogen-bond donors (Lipinski definition) is 2. The van der Waals surface area contributed by atoms with E-state index in [9.17, 15) is 9.59 Å². The van der Waals surface area contributed by atoms with Crippen molar-refractivity contribution in [1.29, 1.82) is 0 Å². The van der Waals surface area contributed by atoms with Crippen molar-refractivity contribution in [3.63, 3.8) is 0 Å². The van der Waals surface area contributed by atoms with Crippen molar-refractivity contribution in [2.24, 2.45) is 5.92 Å². The molecule has 0 saturated carbocycles. The summed E-state index contributed by atoms with van der Waals surface area (Å²) in [5, 5.41) is 11.7. The molecule has 36 heavy (non-hydrogen) atoms. The third kappa shape index (κ3) is 8.58. The van der Waals surface area contributed by atoms with Gasteiger partial charge in [-0.3, -0.25) is 9.59 Å². The van der Waals surface area contributed by atoms with Crippen LogP contribution in [0.1, 0.15) is 44.1 Å². The summed E-state index contributed by atoms with van der Waals surface area (Å²) in [5.41, 5.74) is 1.08. The average molecular weight is 505 g/mol. The van der Waals surface area contributed by atoms with Crippen molar-refractivity contribution in [2.45, 2.75) is 44.8 Å². The van der Waals surface area contributed by atoms with Crippen molar-refractivity contribution < 1.29 is 33.6 Å². The molecular weight excluding hydrogens is 464 g/mol. The first-order valence-electron chi connectivity index (χ1n) is 13.0. The molecule has 3 unspecified atom stereocenters. The highest BCUT2D eigenvalue weighted by Crippen LogP contribution is 2.38. The Kier molecular flexibility index (Phi) is 12.2. The second-order valence-electron chi connectivity index (χ2n) is 8.90. The minimum Gasteiger partial charge on any atom is -0.459 e. The molecule has 9 heteroatoms. The Balaban J connectivity index is 1.61. The van der Waals surface area contributed by atoms with Crippen LogP contribution in [-0.2, 0) is 28.5 Å². The number of rotatable bonds is 16. The van der Waals surface area contributed by atoms with Crippen LogP contribution >= 0.6 is 0 Å². The van der Waals surface area contributed by atoms with Gasteiger partial charge in [0.05, 0.1) is 26.4 Å². The van der Waals surface area contributed by atoms with E-state index in [1.165, 1.54) is 0 Å². The van der Waals surface area contributed by atoms with Gasteiger partial charge in [-0.15, -0.1) is 0 Å². The summed E-state index contributed by atoms with van der Waals surface area (Å²) < 4.78 is 23.0. The lowest BCUT2D eigenvalue weighted by Gasteiger charge is -2.37. The molecular formula is C27H40N2O7. The second kappa shape index (κ2) is 15.6. The highest BCUT2D eigenvalue weighted by atomic mass is 16.7. The van der Waals surface area contributed by atoms with E-state index in [1.807, 2.05) is 36.1 Å². The Morgan fingerprint density at radius 2 is 1.94 bits per heavy atom. The molecule has 1 saturated heterocycles. The van der Waals surface area contributed by atoms with Gasteiger partial charge in [0.1, 0.15) is 0 Å². The first-order chi connectivity index (χ1) is 17.6. The van der Waals surface area contributed by atoms with E-state index in [1.54, 1.807) is 0 Å². The third-order valence-corrected chi connectivity index (χ3v) is 6.39. The normalized spacial score (nSPS) is 21.8. The van der Waals surface area contributed by atoms with Crippen molar-refractivity contribution in [1.82, 2.24) is 10.2 Å². The summed E-state index contributed by atoms with van der Waals surface area (Å²) >= 11 is 0. The van der Waals surface area contributed by atoms with Gasteiger partial charge in [-0.1, -0.05) is 30.3 Å². The maximum Gasteiger partial charge on any atom is 0.286 e. The largest absolute Gasteiger partial charge is 0.459 e. The standard InChI is InChI=1S/C27H40N2O7/c1-2-35-27-22(11-16-33-18-19-34-17-15-30)23(21-8-4-3-5-9-21)20-24(36-27)26(32)28-12-7-14-29-13-6-10-25(29)31/h3-5,8-9,20,22-23,27,30H,2,6-7,10-19H2,1H3,(H,28,32). The highest BCUT2D eigenvalue weighted by molar-refractivity contribution is 5.91. The summed E-state index contributed by atoms with van der Waals surface area (Å²) in [5.74, 6) is 0.0630. The van der Waals surface area contributed by atoms with Crippen molar-refractivity contribution >= 4 is 11.8 Å². The predicted molar refractivity (Wildman–Crippen MR) is 134 cm³/mol. The molecule has 2 aliphatic rings. The Hall–Kier alpha value is -2.46. The van der Waals surface area contributed by atoms with Crippen molar-refractivity contribution in [3.8, 4) is 0 Å². The number of aliphatic hydroxyl groups excluding tert-OH is 1. The van der Waals surface area contributed by atoms with Gasteiger partial charge < -0.3 is 34.3 Å². The van der Waals surface area contributed by atoms with Gasteiger partial charge in [0.15, 0.2) is 5.76 Å². The lowest BCUT2D eigenvalue weighted by molar-refractivity contribution is -0.168. The maximum atomic E-state index is 13.0. The smallest absolute Gasteiger partial charge is 0.286 e. The molecule has 0 spiro atoms. The first kappa shape index (κ1) is 28.1. The minimum atomic E-state index is -0.581. The topological polar surface area (TPSA) is 107 Å². The Morgan fingerprint density at radius 3 is 2.64 bits per heavy atom. The summed E-state index contributed by atoms with van der Waals surface area (Å²) in [6.07, 6.45) is 4.22. The van der Waals surface area contributed by atoms with Crippen LogP contribution in [0.3, 0.4) is 0 Å². The Morgan fingerprint density at radius 1 is 1.17 bits per heavy atom. The Labute approximate surface area is 213 Å². The molecule has 2 amide bonds. The molecule has 0 bridgehead atoms. The van der Waals surface area contributed by atoms with Crippen molar-refractivity contribution in [3.05, 3.63) is 47.7 Å². The van der Waals surface area contributed by atoms with Gasteiger partial charge >= 0.3 is 0 Å². The van der Waals surface area contributed by atoms with Gasteiger partial charge in [-0.25, -0.2) is 0 Å². The SMILES string of the molecule is CCOC1OC(C(=O)NCCCN2CCCC2=O)=CC(c2ccccc2)C1CCOCCOCCO. The molecule has 2 N–H and O–H groups in total. The number of nitrogens with one attached hydrogen (secondary N) is 1. The summed E-state index contributed by atoms with van der Waals surface area (Å²) in [4.78, 5) is 26.6. The monoisotopic (exact) mass is 504 g/mol. The lowest BCUT2D eigenvalue weighted by Crippen LogP contribution is -2.40. The zero-order valence-corrected chi connectivity index (χ0v) is 21.2. The van der Waals surface area contributed by atoms with E-state index in [4.69, 9.17) is 24.1 Å². The van der Waals surface area contributed by atoms with E-state index >= 15 is 0 Å². The molecule has 9 nitrogen and oxygen atoms in total. The molecule has 0 aliphatic carbocycles. The minimum absolute atomic E-state index is 0.00539. The maximum absolute atomic E-state index is 13.0. The number of ether oxygens (including phenoxy) is 4. The molecule has 1 aromatic carbocycles. The average Bonchev–Trinajstić information content (AvgIpc) is 3.31. The van der Waals surface area contributed by atoms with E-state index < -0.39 is 6.29 Å².